The first-order valence-electron chi connectivity index (χ1n) is 4.46. The molecular formula is C12H10O4. The summed E-state index contributed by atoms with van der Waals surface area (Å²) in [6.07, 6.45) is 6.62. The van der Waals surface area contributed by atoms with Crippen LogP contribution in [0.4, 0.5) is 0 Å². The lowest BCUT2D eigenvalue weighted by Gasteiger charge is -2.07. The molecule has 0 unspecified atom stereocenters. The number of methoxy groups -OCH3 is 1. The van der Waals surface area contributed by atoms with E-state index in [1.165, 1.54) is 13.2 Å². The molecule has 1 aromatic rings. The fourth-order valence-electron chi connectivity index (χ4n) is 1.32. The number of ether oxygens (including phenoxy) is 2. The van der Waals surface area contributed by atoms with E-state index in [2.05, 4.69) is 9.47 Å². The van der Waals surface area contributed by atoms with Gasteiger partial charge in [-0.2, -0.15) is 0 Å². The second-order valence-electron chi connectivity index (χ2n) is 3.00. The molecule has 0 saturated heterocycles. The van der Waals surface area contributed by atoms with Crippen LogP contribution in [0.1, 0.15) is 26.3 Å². The molecule has 0 amide bonds. The third-order valence-corrected chi connectivity index (χ3v) is 2.03. The van der Waals surface area contributed by atoms with E-state index < -0.39 is 11.9 Å². The summed E-state index contributed by atoms with van der Waals surface area (Å²) in [4.78, 5) is 22.9. The van der Waals surface area contributed by atoms with Crippen molar-refractivity contribution in [2.45, 2.75) is 6.92 Å². The molecule has 0 N–H and O–H groups in total. The summed E-state index contributed by atoms with van der Waals surface area (Å²) in [5.41, 5.74) is 0.897. The first kappa shape index (κ1) is 11.8. The second-order valence-corrected chi connectivity index (χ2v) is 3.00. The highest BCUT2D eigenvalue weighted by Crippen LogP contribution is 2.16. The highest BCUT2D eigenvalue weighted by atomic mass is 16.5. The summed E-state index contributed by atoms with van der Waals surface area (Å²) in [5.74, 6) is -1.34. The SMILES string of the molecule is C#COC(=O)c1cccc(C)c1C(=O)OC. The lowest BCUT2D eigenvalue weighted by molar-refractivity contribution is 0.0581. The number of terminal acetylenes is 1. The number of aryl methyl sites for hydroxylation is 1. The normalized spacial score (nSPS) is 9.06. The summed E-state index contributed by atoms with van der Waals surface area (Å²) >= 11 is 0. The molecule has 0 saturated carbocycles. The third-order valence-electron chi connectivity index (χ3n) is 2.03. The van der Waals surface area contributed by atoms with E-state index in [-0.39, 0.29) is 11.1 Å². The molecule has 0 fully saturated rings. The van der Waals surface area contributed by atoms with Crippen molar-refractivity contribution in [3.63, 3.8) is 0 Å². The van der Waals surface area contributed by atoms with Gasteiger partial charge in [-0.3, -0.25) is 0 Å². The quantitative estimate of drug-likeness (QED) is 0.558. The van der Waals surface area contributed by atoms with E-state index in [4.69, 9.17) is 6.42 Å². The largest absolute Gasteiger partial charge is 0.465 e. The minimum atomic E-state index is -0.744. The van der Waals surface area contributed by atoms with Crippen LogP contribution in [0, 0.1) is 19.5 Å². The molecule has 0 bridgehead atoms. The van der Waals surface area contributed by atoms with Gasteiger partial charge in [0.15, 0.2) is 0 Å². The number of hydrogen-bond acceptors (Lipinski definition) is 4. The average molecular weight is 218 g/mol. The molecule has 0 aliphatic carbocycles. The molecule has 0 aromatic heterocycles. The van der Waals surface area contributed by atoms with E-state index in [1.54, 1.807) is 25.2 Å². The Morgan fingerprint density at radius 3 is 2.56 bits per heavy atom. The maximum absolute atomic E-state index is 11.5. The molecule has 0 aliphatic heterocycles. The molecule has 4 heteroatoms. The Balaban J connectivity index is 3.29. The Labute approximate surface area is 93.2 Å². The zero-order valence-electron chi connectivity index (χ0n) is 8.94. The van der Waals surface area contributed by atoms with E-state index in [1.807, 2.05) is 0 Å². The Bertz CT molecular complexity index is 468. The van der Waals surface area contributed by atoms with Crippen LogP contribution in [0.5, 0.6) is 0 Å². The van der Waals surface area contributed by atoms with Gasteiger partial charge in [0.2, 0.25) is 0 Å². The van der Waals surface area contributed by atoms with Crippen molar-refractivity contribution >= 4 is 11.9 Å². The summed E-state index contributed by atoms with van der Waals surface area (Å²) in [6, 6.07) is 4.78. The topological polar surface area (TPSA) is 52.6 Å². The average Bonchev–Trinajstić information content (AvgIpc) is 2.28. The Kier molecular flexibility index (Phi) is 3.67. The van der Waals surface area contributed by atoms with Gasteiger partial charge >= 0.3 is 11.9 Å². The Morgan fingerprint density at radius 1 is 1.31 bits per heavy atom. The molecule has 0 radical (unpaired) electrons. The van der Waals surface area contributed by atoms with Crippen LogP contribution in [0.15, 0.2) is 18.2 Å². The van der Waals surface area contributed by atoms with Crippen molar-refractivity contribution in [1.82, 2.24) is 0 Å². The number of carbonyl (C=O) groups excluding carboxylic acids is 2. The number of rotatable bonds is 2. The molecule has 1 aromatic carbocycles. The zero-order valence-corrected chi connectivity index (χ0v) is 8.94. The number of carbonyl (C=O) groups is 2. The maximum atomic E-state index is 11.5. The van der Waals surface area contributed by atoms with Crippen LogP contribution >= 0.6 is 0 Å². The summed E-state index contributed by atoms with van der Waals surface area (Å²) in [7, 11) is 1.24. The van der Waals surface area contributed by atoms with Crippen molar-refractivity contribution in [2.75, 3.05) is 7.11 Å². The molecule has 0 spiro atoms. The molecule has 82 valence electrons. The Morgan fingerprint density at radius 2 is 2.00 bits per heavy atom. The van der Waals surface area contributed by atoms with Gasteiger partial charge in [0, 0.05) is 0 Å². The van der Waals surface area contributed by atoms with Gasteiger partial charge in [0.1, 0.15) is 6.11 Å². The fraction of sp³-hybridized carbons (Fsp3) is 0.167. The monoisotopic (exact) mass is 218 g/mol. The molecule has 0 atom stereocenters. The zero-order chi connectivity index (χ0) is 12.1. The van der Waals surface area contributed by atoms with Crippen LogP contribution in [-0.4, -0.2) is 19.0 Å². The molecular weight excluding hydrogens is 208 g/mol. The third kappa shape index (κ3) is 2.20. The van der Waals surface area contributed by atoms with Crippen LogP contribution in [0.3, 0.4) is 0 Å². The van der Waals surface area contributed by atoms with Crippen LogP contribution < -0.4 is 0 Å². The van der Waals surface area contributed by atoms with E-state index in [0.29, 0.717) is 5.56 Å². The minimum absolute atomic E-state index is 0.102. The highest BCUT2D eigenvalue weighted by Gasteiger charge is 2.20. The van der Waals surface area contributed by atoms with Crippen molar-refractivity contribution in [2.24, 2.45) is 0 Å². The highest BCUT2D eigenvalue weighted by molar-refractivity contribution is 6.04. The predicted octanol–water partition coefficient (Wildman–Crippen LogP) is 1.53. The number of benzene rings is 1. The fourth-order valence-corrected chi connectivity index (χ4v) is 1.32. The van der Waals surface area contributed by atoms with Crippen molar-refractivity contribution < 1.29 is 19.1 Å². The number of hydrogen-bond donors (Lipinski definition) is 0. The van der Waals surface area contributed by atoms with Gasteiger partial charge in [0.25, 0.3) is 0 Å². The smallest absolute Gasteiger partial charge is 0.352 e. The van der Waals surface area contributed by atoms with E-state index >= 15 is 0 Å². The minimum Gasteiger partial charge on any atom is -0.465 e. The molecule has 4 nitrogen and oxygen atoms in total. The van der Waals surface area contributed by atoms with Crippen LogP contribution in [0.2, 0.25) is 0 Å². The maximum Gasteiger partial charge on any atom is 0.352 e. The second kappa shape index (κ2) is 4.99. The van der Waals surface area contributed by atoms with E-state index in [0.717, 1.165) is 0 Å². The first-order valence-corrected chi connectivity index (χ1v) is 4.46. The van der Waals surface area contributed by atoms with Crippen molar-refractivity contribution in [3.8, 4) is 12.5 Å². The van der Waals surface area contributed by atoms with Crippen molar-refractivity contribution in [3.05, 3.63) is 34.9 Å². The van der Waals surface area contributed by atoms with Gasteiger partial charge in [-0.05, 0) is 18.6 Å². The molecule has 1 rings (SSSR count). The van der Waals surface area contributed by atoms with Gasteiger partial charge < -0.3 is 9.47 Å². The van der Waals surface area contributed by atoms with Gasteiger partial charge in [-0.1, -0.05) is 18.6 Å². The van der Waals surface area contributed by atoms with Crippen LogP contribution in [-0.2, 0) is 9.47 Å². The van der Waals surface area contributed by atoms with Crippen LogP contribution in [0.25, 0.3) is 0 Å². The number of esters is 2. The standard InChI is InChI=1S/C12H10O4/c1-4-16-11(13)9-7-5-6-8(2)10(9)12(14)15-3/h1,5-7H,2-3H3. The summed E-state index contributed by atoms with van der Waals surface area (Å²) < 4.78 is 8.99. The summed E-state index contributed by atoms with van der Waals surface area (Å²) in [5, 5.41) is 0. The predicted molar refractivity (Wildman–Crippen MR) is 56.8 cm³/mol. The Hall–Kier alpha value is -2.28. The first-order chi connectivity index (χ1) is 7.61. The lowest BCUT2D eigenvalue weighted by Crippen LogP contribution is -2.13. The van der Waals surface area contributed by atoms with Crippen molar-refractivity contribution in [1.29, 1.82) is 0 Å². The molecule has 0 aliphatic rings. The summed E-state index contributed by atoms with van der Waals surface area (Å²) in [6.45, 7) is 1.69. The molecule has 16 heavy (non-hydrogen) atoms. The van der Waals surface area contributed by atoms with Gasteiger partial charge in [-0.25, -0.2) is 9.59 Å². The van der Waals surface area contributed by atoms with Gasteiger partial charge in [0.05, 0.1) is 18.2 Å². The molecule has 0 heterocycles. The lowest BCUT2D eigenvalue weighted by atomic mass is 10.0. The van der Waals surface area contributed by atoms with Gasteiger partial charge in [-0.15, -0.1) is 0 Å². The van der Waals surface area contributed by atoms with E-state index in [9.17, 15) is 9.59 Å².